The molecule has 0 aliphatic carbocycles. The van der Waals surface area contributed by atoms with Crippen molar-refractivity contribution < 1.29 is 22.7 Å². The van der Waals surface area contributed by atoms with Gasteiger partial charge in [-0.1, -0.05) is 46.6 Å². The van der Waals surface area contributed by atoms with E-state index in [1.807, 2.05) is 45.0 Å². The van der Waals surface area contributed by atoms with Crippen molar-refractivity contribution in [3.8, 4) is 5.75 Å². The predicted molar refractivity (Wildman–Crippen MR) is 166 cm³/mol. The highest BCUT2D eigenvalue weighted by Crippen LogP contribution is 2.27. The highest BCUT2D eigenvalue weighted by Gasteiger charge is 2.33. The number of hydrogen-bond donors (Lipinski definition) is 1. The lowest BCUT2D eigenvalue weighted by molar-refractivity contribution is -0.139. The van der Waals surface area contributed by atoms with Crippen LogP contribution >= 0.6 is 27.5 Å². The molecule has 0 aliphatic heterocycles. The highest BCUT2D eigenvalue weighted by atomic mass is 79.9. The first-order valence-corrected chi connectivity index (χ1v) is 15.9. The second-order valence-corrected chi connectivity index (χ2v) is 12.8. The second kappa shape index (κ2) is 14.7. The van der Waals surface area contributed by atoms with Crippen LogP contribution in [0.5, 0.6) is 5.75 Å². The molecule has 8 nitrogen and oxygen atoms in total. The molecule has 2 atom stereocenters. The quantitative estimate of drug-likeness (QED) is 0.241. The van der Waals surface area contributed by atoms with E-state index in [0.717, 1.165) is 20.8 Å². The molecule has 3 rings (SSSR count). The van der Waals surface area contributed by atoms with Crippen molar-refractivity contribution in [2.75, 3.05) is 17.5 Å². The lowest BCUT2D eigenvalue weighted by Gasteiger charge is -2.32. The third-order valence-electron chi connectivity index (χ3n) is 6.53. The first-order chi connectivity index (χ1) is 19.5. The predicted octanol–water partition coefficient (Wildman–Crippen LogP) is 6.03. The third-order valence-corrected chi connectivity index (χ3v) is 9.06. The summed E-state index contributed by atoms with van der Waals surface area (Å²) in [5.74, 6) is -0.294. The van der Waals surface area contributed by atoms with E-state index in [1.54, 1.807) is 31.2 Å². The Hall–Kier alpha value is -3.08. The van der Waals surface area contributed by atoms with Crippen molar-refractivity contribution in [2.45, 2.75) is 57.6 Å². The van der Waals surface area contributed by atoms with E-state index in [2.05, 4.69) is 21.2 Å². The van der Waals surface area contributed by atoms with E-state index in [9.17, 15) is 18.0 Å². The fraction of sp³-hybridized carbons (Fsp3) is 0.333. The Balaban J connectivity index is 2.03. The minimum Gasteiger partial charge on any atom is -0.494 e. The van der Waals surface area contributed by atoms with Gasteiger partial charge in [0.25, 0.3) is 10.0 Å². The van der Waals surface area contributed by atoms with E-state index >= 15 is 0 Å². The number of nitrogens with one attached hydrogen (secondary N) is 1. The van der Waals surface area contributed by atoms with E-state index in [-0.39, 0.29) is 29.1 Å². The highest BCUT2D eigenvalue weighted by molar-refractivity contribution is 9.10. The van der Waals surface area contributed by atoms with Gasteiger partial charge in [-0.3, -0.25) is 13.9 Å². The molecule has 1 N–H and O–H groups in total. The van der Waals surface area contributed by atoms with E-state index in [4.69, 9.17) is 16.3 Å². The van der Waals surface area contributed by atoms with Crippen molar-refractivity contribution in [2.24, 2.45) is 0 Å². The number of anilines is 1. The van der Waals surface area contributed by atoms with Crippen molar-refractivity contribution in [1.82, 2.24) is 10.2 Å². The first kappa shape index (κ1) is 32.4. The van der Waals surface area contributed by atoms with Gasteiger partial charge in [-0.15, -0.1) is 0 Å². The Labute approximate surface area is 255 Å². The summed E-state index contributed by atoms with van der Waals surface area (Å²) in [5, 5.41) is 3.31. The number of sulfonamides is 1. The Kier molecular flexibility index (Phi) is 11.6. The maximum absolute atomic E-state index is 14.0. The van der Waals surface area contributed by atoms with Crippen LogP contribution in [0.15, 0.2) is 82.2 Å². The summed E-state index contributed by atoms with van der Waals surface area (Å²) in [6, 6.07) is 18.7. The lowest BCUT2D eigenvalue weighted by atomic mass is 10.1. The van der Waals surface area contributed by atoms with Crippen LogP contribution in [0, 0.1) is 0 Å². The number of rotatable bonds is 13. The van der Waals surface area contributed by atoms with Crippen molar-refractivity contribution in [1.29, 1.82) is 0 Å². The molecule has 220 valence electrons. The molecule has 2 amide bonds. The zero-order valence-corrected chi connectivity index (χ0v) is 26.7. The minimum absolute atomic E-state index is 0.0234. The van der Waals surface area contributed by atoms with Crippen LogP contribution in [-0.2, 0) is 26.2 Å². The van der Waals surface area contributed by atoms with Crippen molar-refractivity contribution >= 4 is 55.1 Å². The monoisotopic (exact) mass is 663 g/mol. The van der Waals surface area contributed by atoms with Gasteiger partial charge in [-0.2, -0.15) is 0 Å². The number of benzene rings is 3. The van der Waals surface area contributed by atoms with Gasteiger partial charge >= 0.3 is 0 Å². The molecule has 0 fully saturated rings. The fourth-order valence-corrected chi connectivity index (χ4v) is 6.00. The van der Waals surface area contributed by atoms with Crippen LogP contribution in [0.4, 0.5) is 5.69 Å². The van der Waals surface area contributed by atoms with E-state index in [1.165, 1.54) is 29.2 Å². The van der Waals surface area contributed by atoms with Crippen LogP contribution in [0.1, 0.15) is 39.7 Å². The number of ether oxygens (including phenoxy) is 1. The molecule has 0 spiro atoms. The lowest BCUT2D eigenvalue weighted by Crippen LogP contribution is -2.52. The van der Waals surface area contributed by atoms with Gasteiger partial charge in [0.05, 0.1) is 17.2 Å². The molecule has 3 aromatic carbocycles. The average molecular weight is 665 g/mol. The normalized spacial score (nSPS) is 12.7. The SMILES string of the molecule is CCOc1ccc(N(CC(=O)N(Cc2cccc(Br)c2)[C@H](C)C(=O)N[C@@H](C)CC)S(=O)(=O)c2ccc(Cl)cc2)cc1. The summed E-state index contributed by atoms with van der Waals surface area (Å²) in [5.41, 5.74) is 1.06. The summed E-state index contributed by atoms with van der Waals surface area (Å²) in [6.45, 7) is 7.35. The standard InChI is InChI=1S/C30H35BrClN3O5S/c1-5-21(3)33-30(37)22(4)34(19-23-8-7-9-24(31)18-23)29(36)20-35(26-12-14-27(15-13-26)40-6-2)41(38,39)28-16-10-25(32)11-17-28/h7-18,21-22H,5-6,19-20H2,1-4H3,(H,33,37)/t21-,22+/m0/s1. The molecule has 0 aromatic heterocycles. The second-order valence-electron chi connectivity index (χ2n) is 9.54. The molecule has 0 radical (unpaired) electrons. The van der Waals surface area contributed by atoms with Crippen molar-refractivity contribution in [3.05, 3.63) is 87.9 Å². The van der Waals surface area contributed by atoms with Gasteiger partial charge in [0.1, 0.15) is 18.3 Å². The average Bonchev–Trinajstić information content (AvgIpc) is 2.95. The number of halogens is 2. The topological polar surface area (TPSA) is 96.0 Å². The fourth-order valence-electron chi connectivity index (χ4n) is 4.02. The van der Waals surface area contributed by atoms with Crippen molar-refractivity contribution in [3.63, 3.8) is 0 Å². The van der Waals surface area contributed by atoms with Crippen LogP contribution in [0.3, 0.4) is 0 Å². The number of hydrogen-bond acceptors (Lipinski definition) is 5. The van der Waals surface area contributed by atoms with Crippen LogP contribution in [0.25, 0.3) is 0 Å². The zero-order chi connectivity index (χ0) is 30.2. The third kappa shape index (κ3) is 8.70. The maximum Gasteiger partial charge on any atom is 0.264 e. The van der Waals surface area contributed by atoms with Gasteiger partial charge in [0.15, 0.2) is 0 Å². The van der Waals surface area contributed by atoms with Crippen LogP contribution in [0.2, 0.25) is 5.02 Å². The van der Waals surface area contributed by atoms with Gasteiger partial charge in [-0.05, 0) is 93.4 Å². The Morgan fingerprint density at radius 2 is 1.66 bits per heavy atom. The van der Waals surface area contributed by atoms with Gasteiger partial charge in [-0.25, -0.2) is 8.42 Å². The number of carbonyl (C=O) groups is 2. The van der Waals surface area contributed by atoms with E-state index < -0.39 is 28.5 Å². The summed E-state index contributed by atoms with van der Waals surface area (Å²) >= 11 is 9.46. The zero-order valence-electron chi connectivity index (χ0n) is 23.5. The molecule has 0 aliphatic rings. The first-order valence-electron chi connectivity index (χ1n) is 13.3. The van der Waals surface area contributed by atoms with E-state index in [0.29, 0.717) is 17.4 Å². The molecule has 0 saturated carbocycles. The molecule has 11 heteroatoms. The number of amides is 2. The Bertz CT molecular complexity index is 1440. The van der Waals surface area contributed by atoms with Crippen LogP contribution in [-0.4, -0.2) is 50.4 Å². The largest absolute Gasteiger partial charge is 0.494 e. The molecule has 0 unspecified atom stereocenters. The van der Waals surface area contributed by atoms with Crippen LogP contribution < -0.4 is 14.4 Å². The summed E-state index contributed by atoms with van der Waals surface area (Å²) < 4.78 is 35.2. The summed E-state index contributed by atoms with van der Waals surface area (Å²) in [6.07, 6.45) is 0.725. The van der Waals surface area contributed by atoms with Gasteiger partial charge in [0.2, 0.25) is 11.8 Å². The van der Waals surface area contributed by atoms with Gasteiger partial charge in [0, 0.05) is 22.1 Å². The molecule has 41 heavy (non-hydrogen) atoms. The molecular weight excluding hydrogens is 630 g/mol. The molecule has 3 aromatic rings. The van der Waals surface area contributed by atoms with Gasteiger partial charge < -0.3 is 15.0 Å². The smallest absolute Gasteiger partial charge is 0.264 e. The minimum atomic E-state index is -4.19. The molecular formula is C30H35BrClN3O5S. The Morgan fingerprint density at radius 1 is 1.00 bits per heavy atom. The number of nitrogens with zero attached hydrogens (tertiary/aromatic N) is 2. The number of carbonyl (C=O) groups excluding carboxylic acids is 2. The Morgan fingerprint density at radius 3 is 2.24 bits per heavy atom. The molecule has 0 saturated heterocycles. The summed E-state index contributed by atoms with van der Waals surface area (Å²) in [7, 11) is -4.19. The molecule has 0 heterocycles. The molecule has 0 bridgehead atoms. The maximum atomic E-state index is 14.0. The summed E-state index contributed by atoms with van der Waals surface area (Å²) in [4.78, 5) is 28.5.